The molecule has 78 valence electrons. The average molecular weight is 213 g/mol. The molecule has 0 saturated heterocycles. The third kappa shape index (κ3) is 2.56. The van der Waals surface area contributed by atoms with Gasteiger partial charge in [0.2, 0.25) is 0 Å². The van der Waals surface area contributed by atoms with Crippen molar-refractivity contribution >= 4 is 17.3 Å². The Hall–Kier alpha value is -0.870. The normalized spacial score (nSPS) is 15.0. The number of carbonyl (C=O) groups is 1. The van der Waals surface area contributed by atoms with Crippen LogP contribution in [0.25, 0.3) is 0 Å². The summed E-state index contributed by atoms with van der Waals surface area (Å²) >= 11 is 1.63. The van der Waals surface area contributed by atoms with E-state index < -0.39 is 11.5 Å². The molecule has 0 amide bonds. The van der Waals surface area contributed by atoms with Gasteiger partial charge in [-0.2, -0.15) is 0 Å². The van der Waals surface area contributed by atoms with Crippen molar-refractivity contribution in [2.24, 2.45) is 0 Å². The van der Waals surface area contributed by atoms with Crippen LogP contribution in [0.2, 0.25) is 0 Å². The van der Waals surface area contributed by atoms with E-state index in [2.05, 4.69) is 5.32 Å². The molecule has 1 aromatic rings. The van der Waals surface area contributed by atoms with Crippen LogP contribution >= 0.6 is 11.3 Å². The van der Waals surface area contributed by atoms with Gasteiger partial charge in [0, 0.05) is 11.4 Å². The summed E-state index contributed by atoms with van der Waals surface area (Å²) in [6, 6.07) is 3.96. The molecular formula is C10H15NO2S. The fourth-order valence-corrected chi connectivity index (χ4v) is 1.69. The van der Waals surface area contributed by atoms with Crippen molar-refractivity contribution in [3.63, 3.8) is 0 Å². The summed E-state index contributed by atoms with van der Waals surface area (Å²) in [5.41, 5.74) is -0.815. The number of nitrogens with one attached hydrogen (secondary N) is 1. The highest BCUT2D eigenvalue weighted by Crippen LogP contribution is 2.13. The maximum Gasteiger partial charge on any atom is 0.323 e. The number of hydrogen-bond donors (Lipinski definition) is 2. The number of aliphatic carboxylic acids is 1. The molecule has 0 saturated carbocycles. The molecule has 0 aliphatic heterocycles. The molecule has 1 atom stereocenters. The second kappa shape index (κ2) is 4.57. The van der Waals surface area contributed by atoms with Crippen molar-refractivity contribution in [2.75, 3.05) is 0 Å². The Morgan fingerprint density at radius 3 is 2.86 bits per heavy atom. The number of thiophene rings is 1. The van der Waals surface area contributed by atoms with Crippen LogP contribution < -0.4 is 5.32 Å². The zero-order chi connectivity index (χ0) is 10.6. The van der Waals surface area contributed by atoms with E-state index in [9.17, 15) is 4.79 Å². The molecule has 1 rings (SSSR count). The van der Waals surface area contributed by atoms with Crippen LogP contribution in [0.5, 0.6) is 0 Å². The molecule has 4 heteroatoms. The first-order valence-electron chi connectivity index (χ1n) is 4.59. The summed E-state index contributed by atoms with van der Waals surface area (Å²) in [5.74, 6) is -0.795. The Balaban J connectivity index is 2.54. The largest absolute Gasteiger partial charge is 0.480 e. The molecule has 0 aliphatic rings. The second-order valence-corrected chi connectivity index (χ2v) is 4.46. The first kappa shape index (κ1) is 11.2. The quantitative estimate of drug-likeness (QED) is 0.787. The van der Waals surface area contributed by atoms with E-state index in [4.69, 9.17) is 5.11 Å². The molecule has 0 spiro atoms. The Labute approximate surface area is 87.8 Å². The topological polar surface area (TPSA) is 49.3 Å². The lowest BCUT2D eigenvalue weighted by Gasteiger charge is -2.24. The summed E-state index contributed by atoms with van der Waals surface area (Å²) in [6.07, 6.45) is 0.577. The van der Waals surface area contributed by atoms with Gasteiger partial charge in [0.15, 0.2) is 0 Å². The van der Waals surface area contributed by atoms with Gasteiger partial charge in [-0.1, -0.05) is 13.0 Å². The van der Waals surface area contributed by atoms with Crippen molar-refractivity contribution in [1.29, 1.82) is 0 Å². The van der Waals surface area contributed by atoms with Gasteiger partial charge in [-0.3, -0.25) is 10.1 Å². The lowest BCUT2D eigenvalue weighted by atomic mass is 9.99. The summed E-state index contributed by atoms with van der Waals surface area (Å²) < 4.78 is 0. The van der Waals surface area contributed by atoms with Crippen molar-refractivity contribution in [3.8, 4) is 0 Å². The zero-order valence-corrected chi connectivity index (χ0v) is 9.23. The number of hydrogen-bond acceptors (Lipinski definition) is 3. The van der Waals surface area contributed by atoms with Gasteiger partial charge in [-0.15, -0.1) is 11.3 Å². The SMILES string of the molecule is CCC(C)(NCc1cccs1)C(=O)O. The third-order valence-electron chi connectivity index (χ3n) is 2.41. The smallest absolute Gasteiger partial charge is 0.323 e. The summed E-state index contributed by atoms with van der Waals surface area (Å²) in [4.78, 5) is 12.1. The van der Waals surface area contributed by atoms with Gasteiger partial charge in [0.25, 0.3) is 0 Å². The van der Waals surface area contributed by atoms with E-state index >= 15 is 0 Å². The van der Waals surface area contributed by atoms with E-state index in [-0.39, 0.29) is 0 Å². The molecule has 1 unspecified atom stereocenters. The Bertz CT molecular complexity index is 297. The van der Waals surface area contributed by atoms with Crippen LogP contribution in [0, 0.1) is 0 Å². The van der Waals surface area contributed by atoms with E-state index in [0.717, 1.165) is 4.88 Å². The van der Waals surface area contributed by atoms with Crippen molar-refractivity contribution < 1.29 is 9.90 Å². The van der Waals surface area contributed by atoms with Crippen LogP contribution in [-0.2, 0) is 11.3 Å². The van der Waals surface area contributed by atoms with Gasteiger partial charge in [-0.05, 0) is 24.8 Å². The summed E-state index contributed by atoms with van der Waals surface area (Å²) in [6.45, 7) is 4.20. The van der Waals surface area contributed by atoms with Gasteiger partial charge in [0.1, 0.15) is 5.54 Å². The Morgan fingerprint density at radius 1 is 1.71 bits per heavy atom. The molecule has 1 heterocycles. The Kier molecular flexibility index (Phi) is 3.66. The fourth-order valence-electron chi connectivity index (χ4n) is 1.05. The molecule has 3 nitrogen and oxygen atoms in total. The van der Waals surface area contributed by atoms with Gasteiger partial charge >= 0.3 is 5.97 Å². The van der Waals surface area contributed by atoms with Gasteiger partial charge < -0.3 is 5.11 Å². The highest BCUT2D eigenvalue weighted by Gasteiger charge is 2.29. The minimum atomic E-state index is -0.815. The van der Waals surface area contributed by atoms with E-state index in [1.165, 1.54) is 0 Å². The first-order valence-corrected chi connectivity index (χ1v) is 5.47. The zero-order valence-electron chi connectivity index (χ0n) is 8.41. The predicted octanol–water partition coefficient (Wildman–Crippen LogP) is 2.09. The maximum absolute atomic E-state index is 11.0. The summed E-state index contributed by atoms with van der Waals surface area (Å²) in [7, 11) is 0. The lowest BCUT2D eigenvalue weighted by molar-refractivity contribution is -0.144. The van der Waals surface area contributed by atoms with Gasteiger partial charge in [-0.25, -0.2) is 0 Å². The van der Waals surface area contributed by atoms with Gasteiger partial charge in [0.05, 0.1) is 0 Å². The number of carboxylic acids is 1. The average Bonchev–Trinajstić information content (AvgIpc) is 2.66. The van der Waals surface area contributed by atoms with Crippen molar-refractivity contribution in [3.05, 3.63) is 22.4 Å². The predicted molar refractivity (Wildman–Crippen MR) is 57.5 cm³/mol. The maximum atomic E-state index is 11.0. The van der Waals surface area contributed by atoms with Crippen LogP contribution in [0.4, 0.5) is 0 Å². The first-order chi connectivity index (χ1) is 6.58. The monoisotopic (exact) mass is 213 g/mol. The lowest BCUT2D eigenvalue weighted by Crippen LogP contribution is -2.48. The Morgan fingerprint density at radius 2 is 2.43 bits per heavy atom. The van der Waals surface area contributed by atoms with Crippen LogP contribution in [0.3, 0.4) is 0 Å². The van der Waals surface area contributed by atoms with Crippen LogP contribution in [0.15, 0.2) is 17.5 Å². The molecule has 1 aromatic heterocycles. The molecule has 14 heavy (non-hydrogen) atoms. The molecule has 0 fully saturated rings. The number of rotatable bonds is 5. The molecule has 0 aromatic carbocycles. The van der Waals surface area contributed by atoms with E-state index in [1.54, 1.807) is 18.3 Å². The fraction of sp³-hybridized carbons (Fsp3) is 0.500. The van der Waals surface area contributed by atoms with Crippen LogP contribution in [-0.4, -0.2) is 16.6 Å². The molecular weight excluding hydrogens is 198 g/mol. The highest BCUT2D eigenvalue weighted by atomic mass is 32.1. The third-order valence-corrected chi connectivity index (χ3v) is 3.29. The highest BCUT2D eigenvalue weighted by molar-refractivity contribution is 7.09. The van der Waals surface area contributed by atoms with E-state index in [0.29, 0.717) is 13.0 Å². The molecule has 0 aliphatic carbocycles. The minimum Gasteiger partial charge on any atom is -0.480 e. The number of carboxylic acid groups (broad SMARTS) is 1. The standard InChI is InChI=1S/C10H15NO2S/c1-3-10(2,9(12)13)11-7-8-5-4-6-14-8/h4-6,11H,3,7H2,1-2H3,(H,12,13). The molecule has 0 bridgehead atoms. The summed E-state index contributed by atoms with van der Waals surface area (Å²) in [5, 5.41) is 14.0. The molecule has 2 N–H and O–H groups in total. The second-order valence-electron chi connectivity index (χ2n) is 3.42. The van der Waals surface area contributed by atoms with Crippen molar-refractivity contribution in [2.45, 2.75) is 32.4 Å². The van der Waals surface area contributed by atoms with E-state index in [1.807, 2.05) is 24.4 Å². The molecule has 0 radical (unpaired) electrons. The van der Waals surface area contributed by atoms with Crippen LogP contribution in [0.1, 0.15) is 25.1 Å². The van der Waals surface area contributed by atoms with Crippen molar-refractivity contribution in [1.82, 2.24) is 5.32 Å². The minimum absolute atomic E-state index is 0.577.